The highest BCUT2D eigenvalue weighted by atomic mass is 32.2. The van der Waals surface area contributed by atoms with Crippen molar-refractivity contribution in [2.45, 2.75) is 31.2 Å². The predicted molar refractivity (Wildman–Crippen MR) is 110 cm³/mol. The molecule has 3 N–H and O–H groups in total. The van der Waals surface area contributed by atoms with Crippen LogP contribution in [0.3, 0.4) is 0 Å². The van der Waals surface area contributed by atoms with E-state index in [1.165, 1.54) is 6.07 Å². The highest BCUT2D eigenvalue weighted by molar-refractivity contribution is 7.90. The number of amides is 2. The molecular formula is C20H22N4O4S. The molecule has 8 nitrogen and oxygen atoms in total. The van der Waals surface area contributed by atoms with Crippen LogP contribution in [-0.4, -0.2) is 38.7 Å². The Labute approximate surface area is 169 Å². The van der Waals surface area contributed by atoms with E-state index in [-0.39, 0.29) is 16.6 Å². The number of para-hydroxylation sites is 1. The summed E-state index contributed by atoms with van der Waals surface area (Å²) in [6.07, 6.45) is 0.798. The summed E-state index contributed by atoms with van der Waals surface area (Å²) in [6, 6.07) is 12.2. The fourth-order valence-corrected chi connectivity index (χ4v) is 4.08. The topological polar surface area (TPSA) is 117 Å². The maximum absolute atomic E-state index is 12.6. The van der Waals surface area contributed by atoms with Gasteiger partial charge in [-0.3, -0.25) is 19.3 Å². The van der Waals surface area contributed by atoms with Gasteiger partial charge in [-0.05, 0) is 37.6 Å². The number of anilines is 1. The van der Waals surface area contributed by atoms with E-state index in [9.17, 15) is 18.0 Å². The molecule has 2 aromatic rings. The summed E-state index contributed by atoms with van der Waals surface area (Å²) < 4.78 is 26.7. The third-order valence-electron chi connectivity index (χ3n) is 4.33. The summed E-state index contributed by atoms with van der Waals surface area (Å²) in [4.78, 5) is 29.3. The number of rotatable bonds is 6. The first-order valence-electron chi connectivity index (χ1n) is 9.21. The summed E-state index contributed by atoms with van der Waals surface area (Å²) >= 11 is 0. The minimum Gasteiger partial charge on any atom is -0.352 e. The zero-order valence-electron chi connectivity index (χ0n) is 16.1. The van der Waals surface area contributed by atoms with Crippen LogP contribution in [-0.2, 0) is 14.8 Å². The number of carbonyl (C=O) groups excluding carboxylic acids is 2. The molecule has 0 bridgehead atoms. The second kappa shape index (κ2) is 8.44. The summed E-state index contributed by atoms with van der Waals surface area (Å²) in [6.45, 7) is 4.03. The van der Waals surface area contributed by atoms with Crippen LogP contribution in [0.15, 0.2) is 58.4 Å². The van der Waals surface area contributed by atoms with Gasteiger partial charge in [-0.1, -0.05) is 31.2 Å². The second-order valence-electron chi connectivity index (χ2n) is 6.55. The smallest absolute Gasteiger partial charge is 0.263 e. The Morgan fingerprint density at radius 2 is 1.79 bits per heavy atom. The van der Waals surface area contributed by atoms with E-state index in [0.717, 1.165) is 6.42 Å². The summed E-state index contributed by atoms with van der Waals surface area (Å²) in [7, 11) is -3.68. The van der Waals surface area contributed by atoms with E-state index >= 15 is 0 Å². The Hall–Kier alpha value is -3.20. The van der Waals surface area contributed by atoms with Crippen molar-refractivity contribution in [1.82, 2.24) is 10.0 Å². The van der Waals surface area contributed by atoms with Crippen LogP contribution in [0.5, 0.6) is 0 Å². The minimum atomic E-state index is -3.68. The summed E-state index contributed by atoms with van der Waals surface area (Å²) in [5.74, 6) is -0.617. The first-order valence-corrected chi connectivity index (χ1v) is 10.7. The molecule has 1 aliphatic heterocycles. The van der Waals surface area contributed by atoms with Crippen LogP contribution < -0.4 is 15.4 Å². The van der Waals surface area contributed by atoms with Gasteiger partial charge in [-0.25, -0.2) is 8.42 Å². The highest BCUT2D eigenvalue weighted by Crippen LogP contribution is 2.23. The van der Waals surface area contributed by atoms with Gasteiger partial charge in [-0.15, -0.1) is 0 Å². The van der Waals surface area contributed by atoms with Gasteiger partial charge in [0.05, 0.1) is 16.1 Å². The zero-order valence-corrected chi connectivity index (χ0v) is 16.9. The van der Waals surface area contributed by atoms with Gasteiger partial charge in [0, 0.05) is 12.1 Å². The third kappa shape index (κ3) is 4.45. The fraction of sp³-hybridized carbons (Fsp3) is 0.250. The van der Waals surface area contributed by atoms with Crippen LogP contribution in [0.4, 0.5) is 5.69 Å². The molecule has 152 valence electrons. The Bertz CT molecular complexity index is 1080. The van der Waals surface area contributed by atoms with E-state index in [0.29, 0.717) is 23.4 Å². The lowest BCUT2D eigenvalue weighted by Gasteiger charge is -2.13. The van der Waals surface area contributed by atoms with Crippen molar-refractivity contribution < 1.29 is 18.0 Å². The van der Waals surface area contributed by atoms with Crippen molar-refractivity contribution in [3.8, 4) is 0 Å². The first-order chi connectivity index (χ1) is 13.8. The average Bonchev–Trinajstić information content (AvgIpc) is 2.96. The zero-order chi connectivity index (χ0) is 21.0. The minimum absolute atomic E-state index is 0.122. The number of hydrogen-bond acceptors (Lipinski definition) is 5. The van der Waals surface area contributed by atoms with Crippen molar-refractivity contribution >= 4 is 33.4 Å². The van der Waals surface area contributed by atoms with Crippen LogP contribution in [0.25, 0.3) is 0 Å². The van der Waals surface area contributed by atoms with Crippen LogP contribution in [0, 0.1) is 0 Å². The van der Waals surface area contributed by atoms with Crippen LogP contribution in [0.2, 0.25) is 0 Å². The monoisotopic (exact) mass is 414 g/mol. The van der Waals surface area contributed by atoms with Gasteiger partial charge >= 0.3 is 0 Å². The molecule has 2 aromatic carbocycles. The number of aliphatic imine (C=N–C) groups is 1. The molecule has 0 spiro atoms. The number of fused-ring (bicyclic) bond motifs is 1. The third-order valence-corrected chi connectivity index (χ3v) is 5.73. The molecule has 0 unspecified atom stereocenters. The molecule has 29 heavy (non-hydrogen) atoms. The highest BCUT2D eigenvalue weighted by Gasteiger charge is 2.31. The molecule has 0 fully saturated rings. The van der Waals surface area contributed by atoms with E-state index in [2.05, 4.69) is 20.3 Å². The molecule has 2 amide bonds. The Balaban J connectivity index is 1.80. The normalized spacial score (nSPS) is 16.6. The molecule has 9 heteroatoms. The maximum Gasteiger partial charge on any atom is 0.263 e. The number of nitrogens with one attached hydrogen (secondary N) is 3. The summed E-state index contributed by atoms with van der Waals surface area (Å²) in [5.41, 5.74) is 1.14. The van der Waals surface area contributed by atoms with E-state index in [4.69, 9.17) is 0 Å². The van der Waals surface area contributed by atoms with Crippen molar-refractivity contribution in [3.05, 3.63) is 59.7 Å². The molecule has 1 heterocycles. The molecule has 0 aliphatic carbocycles. The van der Waals surface area contributed by atoms with Crippen molar-refractivity contribution in [2.75, 3.05) is 11.9 Å². The van der Waals surface area contributed by atoms with Gasteiger partial charge in [0.1, 0.15) is 11.9 Å². The largest absolute Gasteiger partial charge is 0.352 e. The lowest BCUT2D eigenvalue weighted by Crippen LogP contribution is -2.30. The van der Waals surface area contributed by atoms with Crippen LogP contribution in [0.1, 0.15) is 36.2 Å². The number of nitrogens with zero attached hydrogens (tertiary/aromatic N) is 1. The predicted octanol–water partition coefficient (Wildman–Crippen LogP) is 1.89. The maximum atomic E-state index is 12.6. The Morgan fingerprint density at radius 1 is 1.10 bits per heavy atom. The molecule has 0 saturated heterocycles. The molecule has 0 radical (unpaired) electrons. The fourth-order valence-electron chi connectivity index (χ4n) is 2.84. The lowest BCUT2D eigenvalue weighted by atomic mass is 10.1. The van der Waals surface area contributed by atoms with Crippen molar-refractivity contribution in [1.29, 1.82) is 0 Å². The second-order valence-corrected chi connectivity index (χ2v) is 8.20. The number of carbonyl (C=O) groups is 2. The SMILES string of the molecule is CCCNC(=O)c1ccccc1NC(=O)[C@H](C)N=C1NS(=O)(=O)c2ccccc21. The van der Waals surface area contributed by atoms with Gasteiger partial charge in [0.15, 0.2) is 0 Å². The standard InChI is InChI=1S/C20H22N4O4S/c1-3-12-21-20(26)14-8-4-6-10-16(14)23-19(25)13(2)22-18-15-9-5-7-11-17(15)29(27,28)24-18/h4-11,13H,3,12H2,1-2H3,(H,21,26)(H,22,24)(H,23,25)/t13-/m0/s1. The van der Waals surface area contributed by atoms with Crippen molar-refractivity contribution in [3.63, 3.8) is 0 Å². The molecule has 1 aliphatic rings. The quantitative estimate of drug-likeness (QED) is 0.669. The molecule has 0 aromatic heterocycles. The van der Waals surface area contributed by atoms with Gasteiger partial charge in [0.2, 0.25) is 5.91 Å². The lowest BCUT2D eigenvalue weighted by molar-refractivity contribution is -0.117. The van der Waals surface area contributed by atoms with Gasteiger partial charge < -0.3 is 10.6 Å². The Kier molecular flexibility index (Phi) is 5.97. The van der Waals surface area contributed by atoms with E-state index in [1.54, 1.807) is 49.4 Å². The molecule has 1 atom stereocenters. The summed E-state index contributed by atoms with van der Waals surface area (Å²) in [5, 5.41) is 5.48. The molecule has 0 saturated carbocycles. The number of benzene rings is 2. The van der Waals surface area contributed by atoms with Gasteiger partial charge in [-0.2, -0.15) is 0 Å². The van der Waals surface area contributed by atoms with E-state index < -0.39 is 22.0 Å². The average molecular weight is 414 g/mol. The van der Waals surface area contributed by atoms with E-state index in [1.807, 2.05) is 6.92 Å². The van der Waals surface area contributed by atoms with Crippen molar-refractivity contribution in [2.24, 2.45) is 4.99 Å². The number of hydrogen-bond donors (Lipinski definition) is 3. The number of amidine groups is 1. The molecule has 3 rings (SSSR count). The molecular weight excluding hydrogens is 392 g/mol. The number of sulfonamides is 1. The van der Waals surface area contributed by atoms with Gasteiger partial charge in [0.25, 0.3) is 15.9 Å². The first kappa shape index (κ1) is 20.5. The van der Waals surface area contributed by atoms with Crippen LogP contribution >= 0.6 is 0 Å². The Morgan fingerprint density at radius 3 is 2.55 bits per heavy atom.